The highest BCUT2D eigenvalue weighted by molar-refractivity contribution is 7.15. The van der Waals surface area contributed by atoms with E-state index in [2.05, 4.69) is 15.4 Å². The van der Waals surface area contributed by atoms with Crippen LogP contribution >= 0.6 is 11.3 Å². The van der Waals surface area contributed by atoms with E-state index < -0.39 is 4.92 Å². The van der Waals surface area contributed by atoms with Gasteiger partial charge in [0, 0.05) is 17.6 Å². The van der Waals surface area contributed by atoms with Crippen LogP contribution in [0.2, 0.25) is 0 Å². The topological polar surface area (TPSA) is 90.3 Å². The molecule has 0 unspecified atom stereocenters. The Kier molecular flexibility index (Phi) is 3.47. The average molecular weight is 340 g/mol. The number of fused-ring (bicyclic) bond motifs is 1. The Bertz CT molecular complexity index is 1000. The van der Waals surface area contributed by atoms with Crippen molar-refractivity contribution in [2.75, 3.05) is 5.32 Å². The second-order valence-corrected chi connectivity index (χ2v) is 5.98. The van der Waals surface area contributed by atoms with Crippen LogP contribution in [0.3, 0.4) is 0 Å². The van der Waals surface area contributed by atoms with Crippen LogP contribution in [0.25, 0.3) is 4.96 Å². The first kappa shape index (κ1) is 14.4. The van der Waals surface area contributed by atoms with Crippen molar-refractivity contribution in [1.82, 2.24) is 19.2 Å². The lowest BCUT2D eigenvalue weighted by Gasteiger charge is -2.02. The summed E-state index contributed by atoms with van der Waals surface area (Å²) in [6.07, 6.45) is 3.45. The molecule has 0 bridgehead atoms. The largest absolute Gasteiger partial charge is 0.373 e. The Hall–Kier alpha value is -3.20. The molecule has 0 spiro atoms. The van der Waals surface area contributed by atoms with Crippen LogP contribution in [0.4, 0.5) is 17.5 Å². The van der Waals surface area contributed by atoms with Crippen LogP contribution in [0, 0.1) is 10.1 Å². The lowest BCUT2D eigenvalue weighted by atomic mass is 10.2. The first-order chi connectivity index (χ1) is 11.7. The Balaban J connectivity index is 1.59. The van der Waals surface area contributed by atoms with Gasteiger partial charge in [0.2, 0.25) is 5.82 Å². The van der Waals surface area contributed by atoms with Crippen LogP contribution in [0.1, 0.15) is 5.56 Å². The fourth-order valence-electron chi connectivity index (χ4n) is 2.44. The van der Waals surface area contributed by atoms with Crippen LogP contribution < -0.4 is 5.32 Å². The van der Waals surface area contributed by atoms with Crippen molar-refractivity contribution in [2.24, 2.45) is 0 Å². The van der Waals surface area contributed by atoms with Gasteiger partial charge in [-0.1, -0.05) is 41.7 Å². The van der Waals surface area contributed by atoms with Gasteiger partial charge in [-0.05, 0) is 10.5 Å². The van der Waals surface area contributed by atoms with Gasteiger partial charge < -0.3 is 15.4 Å². The van der Waals surface area contributed by atoms with Gasteiger partial charge in [0.25, 0.3) is 4.96 Å². The standard InChI is InChI=1S/C15H12N6O2S/c22-21(23)14-13(17-15-20(14)8-9-24-15)16-12-6-7-19(18-12)10-11-4-2-1-3-5-11/h1-9H,10H2,(H,16,18). The molecule has 120 valence electrons. The molecule has 0 saturated heterocycles. The monoisotopic (exact) mass is 340 g/mol. The summed E-state index contributed by atoms with van der Waals surface area (Å²) >= 11 is 1.34. The molecular weight excluding hydrogens is 328 g/mol. The fourth-order valence-corrected chi connectivity index (χ4v) is 3.15. The fraction of sp³-hybridized carbons (Fsp3) is 0.0667. The van der Waals surface area contributed by atoms with Crippen molar-refractivity contribution < 1.29 is 4.92 Å². The van der Waals surface area contributed by atoms with Crippen molar-refractivity contribution in [2.45, 2.75) is 6.54 Å². The molecule has 0 aliphatic heterocycles. The molecule has 0 aliphatic carbocycles. The number of imidazole rings is 1. The summed E-state index contributed by atoms with van der Waals surface area (Å²) in [5, 5.41) is 20.4. The van der Waals surface area contributed by atoms with Crippen LogP contribution in [-0.2, 0) is 6.54 Å². The molecule has 4 aromatic rings. The van der Waals surface area contributed by atoms with E-state index in [4.69, 9.17) is 0 Å². The quantitative estimate of drug-likeness (QED) is 0.445. The molecular formula is C15H12N6O2S. The molecule has 0 saturated carbocycles. The number of thiazole rings is 1. The van der Waals surface area contributed by atoms with Crippen molar-refractivity contribution in [3.8, 4) is 0 Å². The smallest absolute Gasteiger partial charge is 0.358 e. The Morgan fingerprint density at radius 3 is 2.83 bits per heavy atom. The summed E-state index contributed by atoms with van der Waals surface area (Å²) in [5.41, 5.74) is 1.13. The van der Waals surface area contributed by atoms with Crippen molar-refractivity contribution in [3.63, 3.8) is 0 Å². The molecule has 8 nitrogen and oxygen atoms in total. The molecule has 3 heterocycles. The van der Waals surface area contributed by atoms with E-state index >= 15 is 0 Å². The molecule has 1 aromatic carbocycles. The highest BCUT2D eigenvalue weighted by Gasteiger charge is 2.24. The molecule has 0 aliphatic rings. The predicted molar refractivity (Wildman–Crippen MR) is 90.8 cm³/mol. The third kappa shape index (κ3) is 2.61. The number of nitro groups is 1. The number of nitrogens with zero attached hydrogens (tertiary/aromatic N) is 5. The van der Waals surface area contributed by atoms with Crippen molar-refractivity contribution in [3.05, 3.63) is 69.8 Å². The van der Waals surface area contributed by atoms with Crippen LogP contribution in [0.5, 0.6) is 0 Å². The van der Waals surface area contributed by atoms with E-state index in [1.54, 1.807) is 22.3 Å². The van der Waals surface area contributed by atoms with Gasteiger partial charge in [-0.15, -0.1) is 0 Å². The van der Waals surface area contributed by atoms with Crippen molar-refractivity contribution in [1.29, 1.82) is 0 Å². The molecule has 0 fully saturated rings. The van der Waals surface area contributed by atoms with E-state index in [-0.39, 0.29) is 11.6 Å². The summed E-state index contributed by atoms with van der Waals surface area (Å²) in [4.78, 5) is 15.7. The third-order valence-corrected chi connectivity index (χ3v) is 4.24. The van der Waals surface area contributed by atoms with Crippen LogP contribution in [0.15, 0.2) is 54.2 Å². The van der Waals surface area contributed by atoms with E-state index in [1.807, 2.05) is 36.5 Å². The number of hydrogen-bond donors (Lipinski definition) is 1. The zero-order valence-electron chi connectivity index (χ0n) is 12.4. The molecule has 0 amide bonds. The zero-order chi connectivity index (χ0) is 16.5. The summed E-state index contributed by atoms with van der Waals surface area (Å²) in [6.45, 7) is 0.628. The van der Waals surface area contributed by atoms with E-state index in [1.165, 1.54) is 15.7 Å². The lowest BCUT2D eigenvalue weighted by molar-refractivity contribution is -0.389. The molecule has 3 aromatic heterocycles. The second-order valence-electron chi connectivity index (χ2n) is 5.11. The maximum Gasteiger partial charge on any atom is 0.373 e. The Labute approximate surface area is 140 Å². The van der Waals surface area contributed by atoms with Crippen molar-refractivity contribution >= 4 is 33.8 Å². The summed E-state index contributed by atoms with van der Waals surface area (Å²) in [6, 6.07) is 11.7. The SMILES string of the molecule is O=[N+]([O-])c1c(Nc2ccn(Cc3ccccc3)n2)nc2sccn12. The normalized spacial score (nSPS) is 11.0. The second kappa shape index (κ2) is 5.78. The third-order valence-electron chi connectivity index (χ3n) is 3.48. The number of aromatic nitrogens is 4. The molecule has 0 atom stereocenters. The average Bonchev–Trinajstić information content (AvgIpc) is 3.24. The number of benzene rings is 1. The maximum absolute atomic E-state index is 11.3. The summed E-state index contributed by atoms with van der Waals surface area (Å²) in [5.74, 6) is 0.612. The lowest BCUT2D eigenvalue weighted by Crippen LogP contribution is -2.02. The summed E-state index contributed by atoms with van der Waals surface area (Å²) < 4.78 is 3.22. The highest BCUT2D eigenvalue weighted by Crippen LogP contribution is 2.29. The van der Waals surface area contributed by atoms with Gasteiger partial charge in [-0.2, -0.15) is 14.5 Å². The maximum atomic E-state index is 11.3. The van der Waals surface area contributed by atoms with E-state index in [0.29, 0.717) is 17.3 Å². The zero-order valence-corrected chi connectivity index (χ0v) is 13.2. The Morgan fingerprint density at radius 2 is 2.04 bits per heavy atom. The van der Waals surface area contributed by atoms with Gasteiger partial charge in [0.05, 0.1) is 6.54 Å². The number of anilines is 2. The number of rotatable bonds is 5. The number of nitrogens with one attached hydrogen (secondary N) is 1. The molecule has 9 heteroatoms. The summed E-state index contributed by atoms with van der Waals surface area (Å²) in [7, 11) is 0. The predicted octanol–water partition coefficient (Wildman–Crippen LogP) is 3.29. The highest BCUT2D eigenvalue weighted by atomic mass is 32.1. The minimum atomic E-state index is -0.448. The molecule has 1 N–H and O–H groups in total. The minimum Gasteiger partial charge on any atom is -0.358 e. The van der Waals surface area contributed by atoms with Gasteiger partial charge in [0.1, 0.15) is 6.20 Å². The number of hydrogen-bond acceptors (Lipinski definition) is 6. The first-order valence-corrected chi connectivity index (χ1v) is 8.03. The van der Waals surface area contributed by atoms with Gasteiger partial charge in [0.15, 0.2) is 5.82 Å². The molecule has 0 radical (unpaired) electrons. The van der Waals surface area contributed by atoms with Gasteiger partial charge in [-0.25, -0.2) is 0 Å². The van der Waals surface area contributed by atoms with Gasteiger partial charge in [-0.3, -0.25) is 4.68 Å². The van der Waals surface area contributed by atoms with Gasteiger partial charge >= 0.3 is 5.82 Å². The first-order valence-electron chi connectivity index (χ1n) is 7.15. The minimum absolute atomic E-state index is 0.0936. The Morgan fingerprint density at radius 1 is 1.21 bits per heavy atom. The van der Waals surface area contributed by atoms with Crippen LogP contribution in [-0.4, -0.2) is 24.1 Å². The van der Waals surface area contributed by atoms with E-state index in [0.717, 1.165) is 5.56 Å². The molecule has 4 rings (SSSR count). The molecule has 24 heavy (non-hydrogen) atoms. The van der Waals surface area contributed by atoms with E-state index in [9.17, 15) is 10.1 Å².